The highest BCUT2D eigenvalue weighted by molar-refractivity contribution is 5.90. The highest BCUT2D eigenvalue weighted by Gasteiger charge is 2.28. The molecule has 2 N–H and O–H groups in total. The van der Waals surface area contributed by atoms with E-state index in [4.69, 9.17) is 5.73 Å². The summed E-state index contributed by atoms with van der Waals surface area (Å²) < 4.78 is 15.0. The van der Waals surface area contributed by atoms with Crippen molar-refractivity contribution in [3.8, 4) is 5.69 Å². The van der Waals surface area contributed by atoms with Crippen LogP contribution in [0.2, 0.25) is 0 Å². The van der Waals surface area contributed by atoms with Crippen LogP contribution in [-0.4, -0.2) is 44.7 Å². The number of amides is 1. The molecule has 1 aliphatic rings. The van der Waals surface area contributed by atoms with Gasteiger partial charge in [0.25, 0.3) is 5.91 Å². The second-order valence-electron chi connectivity index (χ2n) is 6.14. The van der Waals surface area contributed by atoms with E-state index in [0.717, 1.165) is 6.42 Å². The maximum Gasteiger partial charge on any atom is 0.293 e. The quantitative estimate of drug-likeness (QED) is 0.935. The van der Waals surface area contributed by atoms with Gasteiger partial charge in [0.15, 0.2) is 0 Å². The molecule has 2 aromatic rings. The lowest BCUT2D eigenvalue weighted by molar-refractivity contribution is 0.0779. The first-order chi connectivity index (χ1) is 11.0. The van der Waals surface area contributed by atoms with Crippen LogP contribution < -0.4 is 5.73 Å². The van der Waals surface area contributed by atoms with Gasteiger partial charge in [0.05, 0.1) is 5.69 Å². The summed E-state index contributed by atoms with van der Waals surface area (Å²) in [7, 11) is 0. The molecule has 1 saturated heterocycles. The monoisotopic (exact) mass is 317 g/mol. The molecule has 2 heterocycles. The number of rotatable bonds is 3. The summed E-state index contributed by atoms with van der Waals surface area (Å²) in [6, 6.07) is 6.10. The SMILES string of the molecule is CC(C)c1nc(C(=O)N2CC[C@H](N)C2)nn1-c1cccc(F)c1. The molecule has 0 unspecified atom stereocenters. The highest BCUT2D eigenvalue weighted by atomic mass is 19.1. The minimum Gasteiger partial charge on any atom is -0.334 e. The minimum atomic E-state index is -0.355. The Morgan fingerprint density at radius 1 is 1.43 bits per heavy atom. The van der Waals surface area contributed by atoms with Gasteiger partial charge in [-0.05, 0) is 24.6 Å². The van der Waals surface area contributed by atoms with Crippen molar-refractivity contribution >= 4 is 5.91 Å². The number of benzene rings is 1. The number of aromatic nitrogens is 3. The van der Waals surface area contributed by atoms with Gasteiger partial charge in [-0.3, -0.25) is 4.79 Å². The molecule has 23 heavy (non-hydrogen) atoms. The van der Waals surface area contributed by atoms with Crippen LogP contribution in [0.3, 0.4) is 0 Å². The number of hydrogen-bond acceptors (Lipinski definition) is 4. The number of halogens is 1. The van der Waals surface area contributed by atoms with Gasteiger partial charge in [-0.1, -0.05) is 19.9 Å². The standard InChI is InChI=1S/C16H20FN5O/c1-10(2)15-19-14(16(23)21-7-6-12(18)9-21)20-22(15)13-5-3-4-11(17)8-13/h3-5,8,10,12H,6-7,9,18H2,1-2H3/t12-/m0/s1. The van der Waals surface area contributed by atoms with Crippen molar-refractivity contribution in [2.75, 3.05) is 13.1 Å². The second kappa shape index (κ2) is 6.08. The van der Waals surface area contributed by atoms with E-state index in [1.54, 1.807) is 17.0 Å². The fraction of sp³-hybridized carbons (Fsp3) is 0.438. The van der Waals surface area contributed by atoms with Crippen LogP contribution in [0.5, 0.6) is 0 Å². The van der Waals surface area contributed by atoms with E-state index in [0.29, 0.717) is 24.6 Å². The first-order valence-electron chi connectivity index (χ1n) is 7.73. The van der Waals surface area contributed by atoms with Gasteiger partial charge < -0.3 is 10.6 Å². The van der Waals surface area contributed by atoms with E-state index in [-0.39, 0.29) is 29.5 Å². The summed E-state index contributed by atoms with van der Waals surface area (Å²) >= 11 is 0. The maximum atomic E-state index is 13.5. The highest BCUT2D eigenvalue weighted by Crippen LogP contribution is 2.19. The molecule has 1 amide bonds. The Hall–Kier alpha value is -2.28. The van der Waals surface area contributed by atoms with Crippen LogP contribution in [0.1, 0.15) is 42.6 Å². The van der Waals surface area contributed by atoms with Gasteiger partial charge in [-0.25, -0.2) is 14.1 Å². The van der Waals surface area contributed by atoms with Gasteiger partial charge in [0.1, 0.15) is 11.6 Å². The summed E-state index contributed by atoms with van der Waals surface area (Å²) in [5, 5.41) is 4.32. The number of nitrogens with zero attached hydrogens (tertiary/aromatic N) is 4. The molecule has 7 heteroatoms. The number of carbonyl (C=O) groups excluding carboxylic acids is 1. The summed E-state index contributed by atoms with van der Waals surface area (Å²) in [5.74, 6) is 0.226. The van der Waals surface area contributed by atoms with E-state index in [1.165, 1.54) is 16.8 Å². The molecule has 1 atom stereocenters. The molecule has 0 spiro atoms. The lowest BCUT2D eigenvalue weighted by Crippen LogP contribution is -2.32. The average Bonchev–Trinajstić information content (AvgIpc) is 3.13. The molecule has 6 nitrogen and oxygen atoms in total. The zero-order valence-corrected chi connectivity index (χ0v) is 13.2. The fourth-order valence-electron chi connectivity index (χ4n) is 2.70. The Kier molecular flexibility index (Phi) is 4.12. The smallest absolute Gasteiger partial charge is 0.293 e. The molecule has 0 radical (unpaired) electrons. The third kappa shape index (κ3) is 3.10. The second-order valence-corrected chi connectivity index (χ2v) is 6.14. The van der Waals surface area contributed by atoms with Crippen LogP contribution in [0.4, 0.5) is 4.39 Å². The van der Waals surface area contributed by atoms with Crippen LogP contribution in [0, 0.1) is 5.82 Å². The molecule has 1 aromatic heterocycles. The molecular weight excluding hydrogens is 297 g/mol. The van der Waals surface area contributed by atoms with Crippen molar-refractivity contribution in [1.29, 1.82) is 0 Å². The molecule has 0 bridgehead atoms. The number of hydrogen-bond donors (Lipinski definition) is 1. The minimum absolute atomic E-state index is 0.00817. The maximum absolute atomic E-state index is 13.5. The molecular formula is C16H20FN5O. The van der Waals surface area contributed by atoms with Crippen LogP contribution in [0.25, 0.3) is 5.69 Å². The zero-order chi connectivity index (χ0) is 16.6. The summed E-state index contributed by atoms with van der Waals surface area (Å²) in [5.41, 5.74) is 6.40. The molecule has 1 aliphatic heterocycles. The zero-order valence-electron chi connectivity index (χ0n) is 13.2. The normalized spacial score (nSPS) is 18.0. The van der Waals surface area contributed by atoms with Crippen LogP contribution >= 0.6 is 0 Å². The molecule has 1 fully saturated rings. The third-order valence-electron chi connectivity index (χ3n) is 3.90. The van der Waals surface area contributed by atoms with Crippen molar-refractivity contribution in [1.82, 2.24) is 19.7 Å². The first kappa shape index (κ1) is 15.6. The first-order valence-corrected chi connectivity index (χ1v) is 7.73. The molecule has 3 rings (SSSR count). The predicted molar refractivity (Wildman–Crippen MR) is 83.9 cm³/mol. The topological polar surface area (TPSA) is 77.0 Å². The lowest BCUT2D eigenvalue weighted by Gasteiger charge is -2.12. The van der Waals surface area contributed by atoms with E-state index in [9.17, 15) is 9.18 Å². The summed E-state index contributed by atoms with van der Waals surface area (Å²) in [6.07, 6.45) is 0.785. The predicted octanol–water partition coefficient (Wildman–Crippen LogP) is 1.70. The number of nitrogens with two attached hydrogens (primary N) is 1. The summed E-state index contributed by atoms with van der Waals surface area (Å²) in [6.45, 7) is 5.05. The Morgan fingerprint density at radius 2 is 2.22 bits per heavy atom. The average molecular weight is 317 g/mol. The van der Waals surface area contributed by atoms with E-state index >= 15 is 0 Å². The van der Waals surface area contributed by atoms with Gasteiger partial charge in [0, 0.05) is 25.0 Å². The van der Waals surface area contributed by atoms with Gasteiger partial charge in [-0.2, -0.15) is 0 Å². The Morgan fingerprint density at radius 3 is 2.83 bits per heavy atom. The Balaban J connectivity index is 1.97. The van der Waals surface area contributed by atoms with Crippen molar-refractivity contribution in [3.63, 3.8) is 0 Å². The fourth-order valence-corrected chi connectivity index (χ4v) is 2.70. The Labute approximate surface area is 134 Å². The van der Waals surface area contributed by atoms with E-state index < -0.39 is 0 Å². The van der Waals surface area contributed by atoms with Crippen molar-refractivity contribution in [3.05, 3.63) is 41.7 Å². The molecule has 0 saturated carbocycles. The van der Waals surface area contributed by atoms with E-state index in [1.807, 2.05) is 13.8 Å². The van der Waals surface area contributed by atoms with E-state index in [2.05, 4.69) is 10.1 Å². The van der Waals surface area contributed by atoms with Crippen LogP contribution in [-0.2, 0) is 0 Å². The van der Waals surface area contributed by atoms with Crippen molar-refractivity contribution in [2.45, 2.75) is 32.2 Å². The third-order valence-corrected chi connectivity index (χ3v) is 3.90. The molecule has 0 aliphatic carbocycles. The van der Waals surface area contributed by atoms with Gasteiger partial charge >= 0.3 is 0 Å². The van der Waals surface area contributed by atoms with Gasteiger partial charge in [0.2, 0.25) is 5.82 Å². The van der Waals surface area contributed by atoms with Crippen molar-refractivity contribution < 1.29 is 9.18 Å². The largest absolute Gasteiger partial charge is 0.334 e. The number of carbonyl (C=O) groups is 1. The molecule has 1 aromatic carbocycles. The Bertz CT molecular complexity index is 727. The number of likely N-dealkylation sites (tertiary alicyclic amines) is 1. The summed E-state index contributed by atoms with van der Waals surface area (Å²) in [4.78, 5) is 18.6. The molecule has 122 valence electrons. The van der Waals surface area contributed by atoms with Crippen molar-refractivity contribution in [2.24, 2.45) is 5.73 Å². The van der Waals surface area contributed by atoms with Crippen LogP contribution in [0.15, 0.2) is 24.3 Å². The lowest BCUT2D eigenvalue weighted by atomic mass is 10.2. The van der Waals surface area contributed by atoms with Gasteiger partial charge in [-0.15, -0.1) is 5.10 Å².